The van der Waals surface area contributed by atoms with Gasteiger partial charge < -0.3 is 33.8 Å². The molecule has 0 spiro atoms. The van der Waals surface area contributed by atoms with Crippen molar-refractivity contribution in [3.63, 3.8) is 0 Å². The Morgan fingerprint density at radius 1 is 0.284 bits per heavy atom. The number of esters is 4. The number of unbranched alkanes of at least 4 members (excludes halogenated alkanes) is 47. The van der Waals surface area contributed by atoms with E-state index in [0.29, 0.717) is 25.7 Å². The molecule has 0 heterocycles. The van der Waals surface area contributed by atoms with Gasteiger partial charge in [-0.1, -0.05) is 382 Å². The van der Waals surface area contributed by atoms with Crippen LogP contribution in [0.15, 0.2) is 0 Å². The van der Waals surface area contributed by atoms with Crippen LogP contribution < -0.4 is 0 Å². The van der Waals surface area contributed by atoms with Crippen molar-refractivity contribution in [2.75, 3.05) is 39.6 Å². The van der Waals surface area contributed by atoms with Gasteiger partial charge in [-0.2, -0.15) is 0 Å². The Bertz CT molecular complexity index is 1980. The molecule has 0 amide bonds. The van der Waals surface area contributed by atoms with Gasteiger partial charge in [0.1, 0.15) is 19.3 Å². The summed E-state index contributed by atoms with van der Waals surface area (Å²) in [6, 6.07) is 0. The first kappa shape index (κ1) is 100. The third kappa shape index (κ3) is 73.6. The molecular weight excluding hydrogens is 1330 g/mol. The Labute approximate surface area is 626 Å². The van der Waals surface area contributed by atoms with Gasteiger partial charge in [-0.25, -0.2) is 9.13 Å². The Hall–Kier alpha value is -1.94. The molecule has 0 rings (SSSR count). The number of hydrogen-bond acceptors (Lipinski definition) is 15. The minimum Gasteiger partial charge on any atom is -0.462 e. The maximum Gasteiger partial charge on any atom is 0.472 e. The molecule has 0 aromatic heterocycles. The Morgan fingerprint density at radius 2 is 0.500 bits per heavy atom. The standard InChI is InChI=1S/C83H162O17P2/c1-8-11-12-13-14-15-28-35-43-50-57-64-80(85)93-71-79(100-83(88)67-60-53-46-39-38-42-49-56-63-76(7)10-3)73-98-102(91,92)96-69-77(84)68-95-101(89,90)97-72-78(70-94-81(86)65-58-51-44-36-31-26-23-22-25-30-34-41-48-55-62-75(6)9-2)99-82(87)66-59-52-45-37-32-27-21-19-17-16-18-20-24-29-33-40-47-54-61-74(4)5/h74-79,84H,8-73H2,1-7H3,(H,89,90)(H,91,92)/t75?,76?,77-,78-,79-/m1/s1. The summed E-state index contributed by atoms with van der Waals surface area (Å²) in [7, 11) is -9.92. The lowest BCUT2D eigenvalue weighted by Gasteiger charge is -2.21. The molecule has 19 heteroatoms. The van der Waals surface area contributed by atoms with E-state index in [2.05, 4.69) is 48.5 Å². The van der Waals surface area contributed by atoms with E-state index >= 15 is 0 Å². The van der Waals surface area contributed by atoms with Crippen molar-refractivity contribution < 1.29 is 80.2 Å². The number of phosphoric acid groups is 2. The zero-order valence-corrected chi connectivity index (χ0v) is 68.9. The molecule has 606 valence electrons. The second-order valence-electron chi connectivity index (χ2n) is 30.8. The van der Waals surface area contributed by atoms with E-state index in [1.54, 1.807) is 0 Å². The first-order valence-electron chi connectivity index (χ1n) is 42.9. The zero-order chi connectivity index (χ0) is 75.1. The fourth-order valence-corrected chi connectivity index (χ4v) is 14.4. The van der Waals surface area contributed by atoms with Crippen LogP contribution in [0.4, 0.5) is 0 Å². The van der Waals surface area contributed by atoms with E-state index in [1.807, 2.05) is 0 Å². The van der Waals surface area contributed by atoms with E-state index in [1.165, 1.54) is 244 Å². The number of ether oxygens (including phenoxy) is 4. The molecule has 0 aliphatic carbocycles. The van der Waals surface area contributed by atoms with E-state index in [4.69, 9.17) is 37.0 Å². The first-order valence-corrected chi connectivity index (χ1v) is 45.9. The van der Waals surface area contributed by atoms with Crippen LogP contribution in [-0.2, 0) is 65.4 Å². The monoisotopic (exact) mass is 1490 g/mol. The van der Waals surface area contributed by atoms with E-state index in [0.717, 1.165) is 108 Å². The molecule has 0 aromatic carbocycles. The van der Waals surface area contributed by atoms with Crippen molar-refractivity contribution in [1.29, 1.82) is 0 Å². The molecule has 7 atom stereocenters. The zero-order valence-electron chi connectivity index (χ0n) is 67.1. The number of rotatable bonds is 81. The van der Waals surface area contributed by atoms with Crippen molar-refractivity contribution in [2.24, 2.45) is 17.8 Å². The molecule has 102 heavy (non-hydrogen) atoms. The normalized spacial score (nSPS) is 14.5. The van der Waals surface area contributed by atoms with Gasteiger partial charge in [0.25, 0.3) is 0 Å². The van der Waals surface area contributed by atoms with Gasteiger partial charge in [0.05, 0.1) is 26.4 Å². The van der Waals surface area contributed by atoms with Crippen LogP contribution in [0.1, 0.15) is 434 Å². The average molecular weight is 1490 g/mol. The molecule has 17 nitrogen and oxygen atoms in total. The number of carbonyl (C=O) groups excluding carboxylic acids is 4. The first-order chi connectivity index (χ1) is 49.3. The topological polar surface area (TPSA) is 237 Å². The smallest absolute Gasteiger partial charge is 0.462 e. The molecular formula is C83H162O17P2. The molecule has 0 saturated heterocycles. The van der Waals surface area contributed by atoms with Crippen molar-refractivity contribution in [1.82, 2.24) is 0 Å². The molecule has 0 aromatic rings. The molecule has 3 N–H and O–H groups in total. The molecule has 0 bridgehead atoms. The summed E-state index contributed by atoms with van der Waals surface area (Å²) in [6.07, 6.45) is 62.3. The molecule has 0 aliphatic rings. The quantitative estimate of drug-likeness (QED) is 0.0222. The van der Waals surface area contributed by atoms with Crippen molar-refractivity contribution in [3.8, 4) is 0 Å². The van der Waals surface area contributed by atoms with Gasteiger partial charge in [-0.3, -0.25) is 37.3 Å². The second-order valence-corrected chi connectivity index (χ2v) is 33.7. The number of aliphatic hydroxyl groups excluding tert-OH is 1. The summed E-state index contributed by atoms with van der Waals surface area (Å²) >= 11 is 0. The van der Waals surface area contributed by atoms with E-state index in [-0.39, 0.29) is 25.7 Å². The lowest BCUT2D eigenvalue weighted by Crippen LogP contribution is -2.30. The second kappa shape index (κ2) is 73.2. The van der Waals surface area contributed by atoms with Gasteiger partial charge in [-0.05, 0) is 43.4 Å². The van der Waals surface area contributed by atoms with Gasteiger partial charge in [0.2, 0.25) is 0 Å². The van der Waals surface area contributed by atoms with Crippen LogP contribution in [0.3, 0.4) is 0 Å². The summed E-state index contributed by atoms with van der Waals surface area (Å²) in [5, 5.41) is 10.7. The number of hydrogen-bond donors (Lipinski definition) is 3. The van der Waals surface area contributed by atoms with Crippen LogP contribution in [0, 0.1) is 17.8 Å². The lowest BCUT2D eigenvalue weighted by atomic mass is 9.99. The number of aliphatic hydroxyl groups is 1. The Morgan fingerprint density at radius 3 is 0.745 bits per heavy atom. The molecule has 0 aliphatic heterocycles. The summed E-state index contributed by atoms with van der Waals surface area (Å²) in [6.45, 7) is 12.0. The van der Waals surface area contributed by atoms with Crippen LogP contribution >= 0.6 is 15.6 Å². The molecule has 4 unspecified atom stereocenters. The molecule has 0 radical (unpaired) electrons. The number of carbonyl (C=O) groups is 4. The molecule has 0 saturated carbocycles. The third-order valence-electron chi connectivity index (χ3n) is 20.1. The third-order valence-corrected chi connectivity index (χ3v) is 22.0. The van der Waals surface area contributed by atoms with E-state index < -0.39 is 97.5 Å². The summed E-state index contributed by atoms with van der Waals surface area (Å²) < 4.78 is 68.8. The molecule has 0 fully saturated rings. The minimum absolute atomic E-state index is 0.105. The largest absolute Gasteiger partial charge is 0.472 e. The van der Waals surface area contributed by atoms with Gasteiger partial charge in [-0.15, -0.1) is 0 Å². The fraction of sp³-hybridized carbons (Fsp3) is 0.952. The van der Waals surface area contributed by atoms with Gasteiger partial charge in [0.15, 0.2) is 12.2 Å². The van der Waals surface area contributed by atoms with Crippen molar-refractivity contribution in [2.45, 2.75) is 452 Å². The van der Waals surface area contributed by atoms with Crippen molar-refractivity contribution >= 4 is 39.5 Å². The highest BCUT2D eigenvalue weighted by molar-refractivity contribution is 7.47. The maximum absolute atomic E-state index is 13.1. The maximum atomic E-state index is 13.1. The van der Waals surface area contributed by atoms with E-state index in [9.17, 15) is 43.2 Å². The summed E-state index contributed by atoms with van der Waals surface area (Å²) in [5.41, 5.74) is 0. The van der Waals surface area contributed by atoms with Crippen LogP contribution in [0.25, 0.3) is 0 Å². The highest BCUT2D eigenvalue weighted by Crippen LogP contribution is 2.45. The van der Waals surface area contributed by atoms with Gasteiger partial charge >= 0.3 is 39.5 Å². The summed E-state index contributed by atoms with van der Waals surface area (Å²) in [5.74, 6) is 0.331. The Kier molecular flexibility index (Phi) is 71.8. The highest BCUT2D eigenvalue weighted by atomic mass is 31.2. The van der Waals surface area contributed by atoms with Crippen LogP contribution in [0.2, 0.25) is 0 Å². The lowest BCUT2D eigenvalue weighted by molar-refractivity contribution is -0.161. The Balaban J connectivity index is 5.23. The number of phosphoric ester groups is 2. The highest BCUT2D eigenvalue weighted by Gasteiger charge is 2.30. The van der Waals surface area contributed by atoms with Gasteiger partial charge in [0, 0.05) is 25.7 Å². The average Bonchev–Trinajstić information content (AvgIpc) is 0.908. The fourth-order valence-electron chi connectivity index (χ4n) is 12.8. The minimum atomic E-state index is -4.96. The summed E-state index contributed by atoms with van der Waals surface area (Å²) in [4.78, 5) is 73.1. The van der Waals surface area contributed by atoms with Crippen LogP contribution in [0.5, 0.6) is 0 Å². The predicted molar refractivity (Wildman–Crippen MR) is 418 cm³/mol. The van der Waals surface area contributed by atoms with Crippen LogP contribution in [-0.4, -0.2) is 96.7 Å². The van der Waals surface area contributed by atoms with Crippen molar-refractivity contribution in [3.05, 3.63) is 0 Å². The predicted octanol–water partition coefficient (Wildman–Crippen LogP) is 24.9. The SMILES string of the molecule is CCCCCCCCCCCCCC(=O)OC[C@H](COP(=O)(O)OC[C@H](O)COP(=O)(O)OC[C@@H](COC(=O)CCCCCCCCCCCCCCCCC(C)CC)OC(=O)CCCCCCCCCCCCCCCCCCCCC(C)C)OC(=O)CCCCCCCCCCC(C)CC.